The molecule has 0 aliphatic heterocycles. The molecule has 6 nitrogen and oxygen atoms in total. The Balaban J connectivity index is 1.63. The van der Waals surface area contributed by atoms with Crippen molar-refractivity contribution in [3.8, 4) is 5.75 Å². The molecule has 0 aromatic heterocycles. The van der Waals surface area contributed by atoms with Crippen molar-refractivity contribution in [2.75, 3.05) is 17.2 Å². The fourth-order valence-electron chi connectivity index (χ4n) is 2.69. The van der Waals surface area contributed by atoms with Crippen molar-refractivity contribution in [3.05, 3.63) is 89.7 Å². The fourth-order valence-corrected chi connectivity index (χ4v) is 2.69. The van der Waals surface area contributed by atoms with Gasteiger partial charge in [0.15, 0.2) is 0 Å². The maximum atomic E-state index is 13.2. The summed E-state index contributed by atoms with van der Waals surface area (Å²) in [7, 11) is 0. The van der Waals surface area contributed by atoms with Gasteiger partial charge in [-0.05, 0) is 55.0 Å². The van der Waals surface area contributed by atoms with Crippen LogP contribution in [0.4, 0.5) is 20.6 Å². The predicted octanol–water partition coefficient (Wildman–Crippen LogP) is 5.23. The Bertz CT molecular complexity index is 1040. The van der Waals surface area contributed by atoms with E-state index in [2.05, 4.69) is 10.6 Å². The van der Waals surface area contributed by atoms with Crippen LogP contribution in [0.2, 0.25) is 0 Å². The van der Waals surface area contributed by atoms with Gasteiger partial charge in [-0.25, -0.2) is 9.18 Å². The van der Waals surface area contributed by atoms with Gasteiger partial charge >= 0.3 is 6.09 Å². The molecule has 0 fully saturated rings. The molecule has 3 aromatic carbocycles. The standard InChI is InChI=1S/C23H21FN2O4/c1-2-29-23(28)26-20-10-4-7-17(13-20)22(27)25-19-9-3-6-16(12-19)15-30-21-11-5-8-18(24)14-21/h3-14H,2,15H2,1H3,(H,25,27)(H,26,28). The van der Waals surface area contributed by atoms with E-state index in [9.17, 15) is 14.0 Å². The number of benzene rings is 3. The van der Waals surface area contributed by atoms with Crippen molar-refractivity contribution >= 4 is 23.4 Å². The van der Waals surface area contributed by atoms with E-state index in [1.807, 2.05) is 6.07 Å². The normalized spacial score (nSPS) is 10.2. The molecular weight excluding hydrogens is 387 g/mol. The molecule has 0 atom stereocenters. The highest BCUT2D eigenvalue weighted by atomic mass is 19.1. The zero-order valence-corrected chi connectivity index (χ0v) is 16.4. The van der Waals surface area contributed by atoms with E-state index < -0.39 is 6.09 Å². The number of rotatable bonds is 7. The third kappa shape index (κ3) is 6.07. The van der Waals surface area contributed by atoms with Crippen molar-refractivity contribution in [1.29, 1.82) is 0 Å². The van der Waals surface area contributed by atoms with Gasteiger partial charge in [-0.1, -0.05) is 24.3 Å². The Labute approximate surface area is 173 Å². The molecule has 7 heteroatoms. The van der Waals surface area contributed by atoms with Gasteiger partial charge in [0.05, 0.1) is 6.61 Å². The second kappa shape index (κ2) is 10.1. The Morgan fingerprint density at radius 2 is 1.63 bits per heavy atom. The molecule has 0 aliphatic rings. The second-order valence-electron chi connectivity index (χ2n) is 6.33. The summed E-state index contributed by atoms with van der Waals surface area (Å²) >= 11 is 0. The number of carbonyl (C=O) groups excluding carboxylic acids is 2. The third-order valence-electron chi connectivity index (χ3n) is 4.03. The number of carbonyl (C=O) groups is 2. The van der Waals surface area contributed by atoms with Gasteiger partial charge in [0.2, 0.25) is 0 Å². The van der Waals surface area contributed by atoms with E-state index in [-0.39, 0.29) is 24.9 Å². The smallest absolute Gasteiger partial charge is 0.411 e. The van der Waals surface area contributed by atoms with Crippen molar-refractivity contribution in [1.82, 2.24) is 0 Å². The van der Waals surface area contributed by atoms with E-state index in [1.165, 1.54) is 12.1 Å². The lowest BCUT2D eigenvalue weighted by atomic mass is 10.1. The van der Waals surface area contributed by atoms with Crippen molar-refractivity contribution < 1.29 is 23.5 Å². The zero-order valence-electron chi connectivity index (χ0n) is 16.4. The summed E-state index contributed by atoms with van der Waals surface area (Å²) in [6, 6.07) is 19.6. The molecule has 0 radical (unpaired) electrons. The minimum Gasteiger partial charge on any atom is -0.489 e. The van der Waals surface area contributed by atoms with E-state index in [4.69, 9.17) is 9.47 Å². The Kier molecular flexibility index (Phi) is 7.00. The Morgan fingerprint density at radius 1 is 0.900 bits per heavy atom. The Hall–Kier alpha value is -3.87. The first kappa shape index (κ1) is 20.9. The van der Waals surface area contributed by atoms with Gasteiger partial charge in [0.25, 0.3) is 5.91 Å². The molecule has 3 rings (SSSR count). The zero-order chi connectivity index (χ0) is 21.3. The van der Waals surface area contributed by atoms with E-state index in [1.54, 1.807) is 61.5 Å². The predicted molar refractivity (Wildman–Crippen MR) is 112 cm³/mol. The largest absolute Gasteiger partial charge is 0.489 e. The number of halogens is 1. The van der Waals surface area contributed by atoms with Gasteiger partial charge in [-0.3, -0.25) is 10.1 Å². The van der Waals surface area contributed by atoms with Crippen LogP contribution in [0.1, 0.15) is 22.8 Å². The van der Waals surface area contributed by atoms with Crippen LogP contribution in [0, 0.1) is 5.82 Å². The summed E-state index contributed by atoms with van der Waals surface area (Å²) in [5.74, 6) is -0.269. The Morgan fingerprint density at radius 3 is 2.40 bits per heavy atom. The van der Waals surface area contributed by atoms with Gasteiger partial charge in [0, 0.05) is 23.0 Å². The lowest BCUT2D eigenvalue weighted by Gasteiger charge is -2.10. The number of ether oxygens (including phenoxy) is 2. The second-order valence-corrected chi connectivity index (χ2v) is 6.33. The molecule has 3 aromatic rings. The maximum Gasteiger partial charge on any atom is 0.411 e. The van der Waals surface area contributed by atoms with Crippen molar-refractivity contribution in [2.45, 2.75) is 13.5 Å². The number of nitrogens with one attached hydrogen (secondary N) is 2. The topological polar surface area (TPSA) is 76.7 Å². The summed E-state index contributed by atoms with van der Waals surface area (Å²) in [6.07, 6.45) is -0.582. The monoisotopic (exact) mass is 408 g/mol. The molecule has 2 amide bonds. The number of hydrogen-bond acceptors (Lipinski definition) is 4. The molecule has 0 aliphatic carbocycles. The van der Waals surface area contributed by atoms with Crippen LogP contribution < -0.4 is 15.4 Å². The lowest BCUT2D eigenvalue weighted by Crippen LogP contribution is -2.15. The van der Waals surface area contributed by atoms with Gasteiger partial charge in [-0.15, -0.1) is 0 Å². The van der Waals surface area contributed by atoms with Crippen LogP contribution in [0.25, 0.3) is 0 Å². The first-order valence-electron chi connectivity index (χ1n) is 9.36. The molecule has 0 saturated heterocycles. The average molecular weight is 408 g/mol. The van der Waals surface area contributed by atoms with Crippen LogP contribution >= 0.6 is 0 Å². The molecule has 154 valence electrons. The molecular formula is C23H21FN2O4. The molecule has 0 spiro atoms. The first-order valence-corrected chi connectivity index (χ1v) is 9.36. The van der Waals surface area contributed by atoms with Crippen molar-refractivity contribution in [2.24, 2.45) is 0 Å². The number of amides is 2. The van der Waals surface area contributed by atoms with E-state index in [0.717, 1.165) is 5.56 Å². The minimum atomic E-state index is -0.582. The summed E-state index contributed by atoms with van der Waals surface area (Å²) < 4.78 is 23.7. The van der Waals surface area contributed by atoms with Crippen LogP contribution in [0.3, 0.4) is 0 Å². The molecule has 0 heterocycles. The maximum absolute atomic E-state index is 13.2. The number of anilines is 2. The summed E-state index contributed by atoms with van der Waals surface area (Å²) in [5.41, 5.74) is 2.24. The summed E-state index contributed by atoms with van der Waals surface area (Å²) in [4.78, 5) is 24.1. The molecule has 0 unspecified atom stereocenters. The van der Waals surface area contributed by atoms with Gasteiger partial charge in [-0.2, -0.15) is 0 Å². The van der Waals surface area contributed by atoms with Crippen LogP contribution in [0.5, 0.6) is 5.75 Å². The number of hydrogen-bond donors (Lipinski definition) is 2. The molecule has 2 N–H and O–H groups in total. The lowest BCUT2D eigenvalue weighted by molar-refractivity contribution is 0.102. The van der Waals surface area contributed by atoms with E-state index >= 15 is 0 Å². The van der Waals surface area contributed by atoms with E-state index in [0.29, 0.717) is 22.7 Å². The average Bonchev–Trinajstić information content (AvgIpc) is 2.73. The summed E-state index contributed by atoms with van der Waals surface area (Å²) in [5, 5.41) is 5.38. The summed E-state index contributed by atoms with van der Waals surface area (Å²) in [6.45, 7) is 2.19. The van der Waals surface area contributed by atoms with Gasteiger partial charge in [0.1, 0.15) is 18.2 Å². The van der Waals surface area contributed by atoms with Crippen molar-refractivity contribution in [3.63, 3.8) is 0 Å². The molecule has 0 saturated carbocycles. The molecule has 0 bridgehead atoms. The van der Waals surface area contributed by atoms with Crippen LogP contribution in [-0.2, 0) is 11.3 Å². The highest BCUT2D eigenvalue weighted by Crippen LogP contribution is 2.18. The fraction of sp³-hybridized carbons (Fsp3) is 0.130. The quantitative estimate of drug-likeness (QED) is 0.562. The van der Waals surface area contributed by atoms with Crippen LogP contribution in [0.15, 0.2) is 72.8 Å². The first-order chi connectivity index (χ1) is 14.5. The highest BCUT2D eigenvalue weighted by Gasteiger charge is 2.09. The molecule has 30 heavy (non-hydrogen) atoms. The SMILES string of the molecule is CCOC(=O)Nc1cccc(C(=O)Nc2cccc(COc3cccc(F)c3)c2)c1. The highest BCUT2D eigenvalue weighted by molar-refractivity contribution is 6.05. The van der Waals surface area contributed by atoms with Crippen LogP contribution in [-0.4, -0.2) is 18.6 Å². The van der Waals surface area contributed by atoms with Gasteiger partial charge < -0.3 is 14.8 Å². The third-order valence-corrected chi connectivity index (χ3v) is 4.03. The minimum absolute atomic E-state index is 0.228.